The average Bonchev–Trinajstić information content (AvgIpc) is 3.34. The first-order valence-corrected chi connectivity index (χ1v) is 14.9. The fourth-order valence-electron chi connectivity index (χ4n) is 4.54. The number of aryl methyl sites for hydroxylation is 1. The lowest BCUT2D eigenvalue weighted by Crippen LogP contribution is -2.42. The second kappa shape index (κ2) is 19.4. The molecule has 16 nitrogen and oxygen atoms in total. The number of aliphatic hydroxyl groups is 1. The number of aliphatic hydroxyl groups excluding tert-OH is 1. The van der Waals surface area contributed by atoms with Gasteiger partial charge in [0.05, 0.1) is 39.1 Å². The van der Waals surface area contributed by atoms with E-state index in [1.807, 2.05) is 6.07 Å². The Bertz CT molecular complexity index is 1210. The van der Waals surface area contributed by atoms with E-state index in [4.69, 9.17) is 34.2 Å². The maximum Gasteiger partial charge on any atom is 0.404 e. The number of amides is 4. The van der Waals surface area contributed by atoms with Crippen molar-refractivity contribution in [2.75, 3.05) is 52.7 Å². The number of benzene rings is 1. The number of rotatable bonds is 21. The Morgan fingerprint density at radius 2 is 1.65 bits per heavy atom. The number of carboxylic acids is 1. The van der Waals surface area contributed by atoms with Gasteiger partial charge in [-0.2, -0.15) is 0 Å². The number of nitrogens with two attached hydrogens (primary N) is 1. The number of primary amides is 1. The molecule has 254 valence electrons. The van der Waals surface area contributed by atoms with Crippen LogP contribution in [0, 0.1) is 0 Å². The molecule has 0 bridgehead atoms. The van der Waals surface area contributed by atoms with Gasteiger partial charge in [-0.1, -0.05) is 6.07 Å². The van der Waals surface area contributed by atoms with Gasteiger partial charge >= 0.3 is 12.1 Å². The zero-order valence-electron chi connectivity index (χ0n) is 25.4. The summed E-state index contributed by atoms with van der Waals surface area (Å²) in [5.74, 6) is -1.99. The van der Waals surface area contributed by atoms with Crippen LogP contribution in [-0.4, -0.2) is 116 Å². The Kier molecular flexibility index (Phi) is 15.4. The van der Waals surface area contributed by atoms with Gasteiger partial charge in [-0.05, 0) is 30.5 Å². The molecule has 0 spiro atoms. The average molecular weight is 652 g/mol. The van der Waals surface area contributed by atoms with Crippen molar-refractivity contribution >= 4 is 29.8 Å². The lowest BCUT2D eigenvalue weighted by molar-refractivity contribution is -0.195. The van der Waals surface area contributed by atoms with E-state index in [1.54, 1.807) is 12.1 Å². The Balaban J connectivity index is 1.23. The van der Waals surface area contributed by atoms with E-state index in [-0.39, 0.29) is 38.3 Å². The predicted octanol–water partition coefficient (Wildman–Crippen LogP) is 0.0250. The number of nitrogens with one attached hydrogen (secondary N) is 1. The molecule has 0 aromatic heterocycles. The van der Waals surface area contributed by atoms with Gasteiger partial charge in [-0.3, -0.25) is 19.3 Å². The molecule has 1 fully saturated rings. The van der Waals surface area contributed by atoms with Crippen molar-refractivity contribution in [2.45, 2.75) is 57.2 Å². The minimum atomic E-state index is -1.19. The minimum absolute atomic E-state index is 0.0248. The van der Waals surface area contributed by atoms with E-state index in [0.29, 0.717) is 70.3 Å². The maximum absolute atomic E-state index is 11.8. The van der Waals surface area contributed by atoms with Gasteiger partial charge in [0, 0.05) is 56.7 Å². The van der Waals surface area contributed by atoms with E-state index in [2.05, 4.69) is 5.32 Å². The first kappa shape index (κ1) is 36.4. The van der Waals surface area contributed by atoms with Crippen LogP contribution >= 0.6 is 0 Å². The van der Waals surface area contributed by atoms with Crippen LogP contribution in [-0.2, 0) is 55.9 Å². The van der Waals surface area contributed by atoms with Crippen molar-refractivity contribution in [1.82, 2.24) is 10.2 Å². The number of nitrogens with zero attached hydrogens (tertiary/aromatic N) is 1. The number of imide groups is 1. The van der Waals surface area contributed by atoms with Crippen LogP contribution in [0.4, 0.5) is 4.79 Å². The highest BCUT2D eigenvalue weighted by molar-refractivity contribution is 6.13. The van der Waals surface area contributed by atoms with E-state index < -0.39 is 42.4 Å². The number of hydrogen-bond donors (Lipinski definition) is 4. The first-order chi connectivity index (χ1) is 22.1. The summed E-state index contributed by atoms with van der Waals surface area (Å²) in [6.45, 7) is 2.41. The number of ether oxygens (including phenoxy) is 6. The maximum atomic E-state index is 11.8. The van der Waals surface area contributed by atoms with Crippen LogP contribution in [0.5, 0.6) is 5.75 Å². The van der Waals surface area contributed by atoms with Crippen molar-refractivity contribution in [3.8, 4) is 5.75 Å². The van der Waals surface area contributed by atoms with Gasteiger partial charge < -0.3 is 49.7 Å². The Morgan fingerprint density at radius 1 is 0.978 bits per heavy atom. The van der Waals surface area contributed by atoms with Crippen molar-refractivity contribution in [3.63, 3.8) is 0 Å². The van der Waals surface area contributed by atoms with Crippen molar-refractivity contribution in [1.29, 1.82) is 0 Å². The topological polar surface area (TPSA) is 222 Å². The molecule has 0 radical (unpaired) electrons. The van der Waals surface area contributed by atoms with Crippen LogP contribution < -0.4 is 15.8 Å². The monoisotopic (exact) mass is 651 g/mol. The van der Waals surface area contributed by atoms with Crippen LogP contribution in [0.1, 0.15) is 36.8 Å². The van der Waals surface area contributed by atoms with E-state index >= 15 is 0 Å². The largest absolute Gasteiger partial charge is 0.479 e. The Morgan fingerprint density at radius 3 is 2.33 bits per heavy atom. The number of aliphatic carboxylic acids is 1. The third-order valence-electron chi connectivity index (χ3n) is 6.83. The van der Waals surface area contributed by atoms with Crippen LogP contribution in [0.25, 0.3) is 0 Å². The molecule has 1 aromatic carbocycles. The molecule has 2 aliphatic heterocycles. The summed E-state index contributed by atoms with van der Waals surface area (Å²) in [4.78, 5) is 58.3. The zero-order valence-corrected chi connectivity index (χ0v) is 25.4. The zero-order chi connectivity index (χ0) is 33.3. The van der Waals surface area contributed by atoms with Gasteiger partial charge in [0.2, 0.25) is 12.2 Å². The van der Waals surface area contributed by atoms with Crippen LogP contribution in [0.15, 0.2) is 30.4 Å². The normalized spacial score (nSPS) is 19.3. The molecular weight excluding hydrogens is 610 g/mol. The predicted molar refractivity (Wildman–Crippen MR) is 157 cm³/mol. The smallest absolute Gasteiger partial charge is 0.404 e. The second-order valence-electron chi connectivity index (χ2n) is 10.4. The second-order valence-corrected chi connectivity index (χ2v) is 10.4. The molecule has 3 atom stereocenters. The van der Waals surface area contributed by atoms with Gasteiger partial charge in [-0.15, -0.1) is 0 Å². The minimum Gasteiger partial charge on any atom is -0.479 e. The van der Waals surface area contributed by atoms with Crippen LogP contribution in [0.2, 0.25) is 0 Å². The molecule has 46 heavy (non-hydrogen) atoms. The number of carboxylic acid groups (broad SMARTS) is 1. The molecule has 1 aromatic rings. The highest BCUT2D eigenvalue weighted by Gasteiger charge is 2.34. The van der Waals surface area contributed by atoms with Gasteiger partial charge in [-0.25, -0.2) is 9.59 Å². The van der Waals surface area contributed by atoms with E-state index in [1.165, 1.54) is 12.2 Å². The van der Waals surface area contributed by atoms with E-state index in [0.717, 1.165) is 10.5 Å². The molecule has 3 rings (SSSR count). The highest BCUT2D eigenvalue weighted by Crippen LogP contribution is 2.28. The van der Waals surface area contributed by atoms with Crippen molar-refractivity contribution in [2.24, 2.45) is 5.73 Å². The molecule has 2 aliphatic rings. The summed E-state index contributed by atoms with van der Waals surface area (Å²) in [5, 5.41) is 21.9. The molecular formula is C30H41N3O13. The summed E-state index contributed by atoms with van der Waals surface area (Å²) in [5.41, 5.74) is 6.55. The van der Waals surface area contributed by atoms with Gasteiger partial charge in [0.1, 0.15) is 12.4 Å². The number of carbonyl (C=O) groups excluding carboxylic acids is 4. The molecule has 0 aliphatic carbocycles. The first-order valence-electron chi connectivity index (χ1n) is 14.9. The van der Waals surface area contributed by atoms with Crippen LogP contribution in [0.3, 0.4) is 0 Å². The number of hydrogen-bond acceptors (Lipinski definition) is 12. The molecule has 4 amide bonds. The summed E-state index contributed by atoms with van der Waals surface area (Å²) < 4.78 is 32.7. The lowest BCUT2D eigenvalue weighted by atomic mass is 10.0. The fraction of sp³-hybridized carbons (Fsp3) is 0.567. The standard InChI is InChI=1S/C30H41N3O13/c31-30(40)44-19-21-16-20(3-4-23(21)45-28-18-22(34)17-24(46-28)29(38)39)2-1-10-41-12-14-43-15-13-42-11-8-32-25(35)7-9-33-26(36)5-6-27(33)37/h3-6,16,22,24,28,34H,1-2,7-15,17-19H2,(H2,31,40)(H,32,35)(H,38,39)/t22-,24-,28+/m0/s1. The summed E-state index contributed by atoms with van der Waals surface area (Å²) in [6.07, 6.45) is -0.251. The fourth-order valence-corrected chi connectivity index (χ4v) is 4.54. The lowest BCUT2D eigenvalue weighted by Gasteiger charge is -2.31. The van der Waals surface area contributed by atoms with Gasteiger partial charge in [0.15, 0.2) is 6.10 Å². The third-order valence-corrected chi connectivity index (χ3v) is 6.83. The third kappa shape index (κ3) is 13.1. The van der Waals surface area contributed by atoms with E-state index in [9.17, 15) is 34.2 Å². The highest BCUT2D eigenvalue weighted by atomic mass is 16.7. The summed E-state index contributed by atoms with van der Waals surface area (Å²) in [6, 6.07) is 5.28. The van der Waals surface area contributed by atoms with Crippen molar-refractivity contribution < 1.29 is 62.6 Å². The Labute approximate surface area is 265 Å². The Hall–Kier alpha value is -4.09. The molecule has 2 heterocycles. The molecule has 5 N–H and O–H groups in total. The summed E-state index contributed by atoms with van der Waals surface area (Å²) in [7, 11) is 0. The summed E-state index contributed by atoms with van der Waals surface area (Å²) >= 11 is 0. The van der Waals surface area contributed by atoms with Crippen molar-refractivity contribution in [3.05, 3.63) is 41.5 Å². The molecule has 0 unspecified atom stereocenters. The van der Waals surface area contributed by atoms with Gasteiger partial charge in [0.25, 0.3) is 11.8 Å². The molecule has 1 saturated heterocycles. The molecule has 16 heteroatoms. The molecule has 0 saturated carbocycles. The quantitative estimate of drug-likeness (QED) is 0.102. The number of carbonyl (C=O) groups is 5. The SMILES string of the molecule is NC(=O)OCc1cc(CCCOCCOCCOCCNC(=O)CCN2C(=O)C=CC2=O)ccc1O[C@H]1C[C@@H](O)C[C@@H](C(=O)O)O1.